The van der Waals surface area contributed by atoms with E-state index in [1.165, 1.54) is 11.3 Å². The van der Waals surface area contributed by atoms with Crippen molar-refractivity contribution in [3.05, 3.63) is 62.9 Å². The Morgan fingerprint density at radius 1 is 1.26 bits per heavy atom. The van der Waals surface area contributed by atoms with Crippen molar-refractivity contribution in [2.24, 2.45) is 0 Å². The molecule has 1 atom stereocenters. The lowest BCUT2D eigenvalue weighted by molar-refractivity contribution is 0.225. The van der Waals surface area contributed by atoms with Gasteiger partial charge in [-0.25, -0.2) is 0 Å². The Morgan fingerprint density at radius 3 is 2.79 bits per heavy atom. The van der Waals surface area contributed by atoms with Gasteiger partial charge in [0.15, 0.2) is 0 Å². The number of aliphatic hydroxyl groups excluding tert-OH is 1. The second-order valence-corrected chi connectivity index (χ2v) is 5.76. The predicted octanol–water partition coefficient (Wildman–Crippen LogP) is 4.34. The van der Waals surface area contributed by atoms with Gasteiger partial charge in [-0.1, -0.05) is 29.8 Å². The number of para-hydroxylation sites is 1. The molecule has 0 aliphatic rings. The number of hydrogen-bond donors (Lipinski definition) is 1. The zero-order valence-electron chi connectivity index (χ0n) is 10.3. The molecule has 0 aliphatic carbocycles. The summed E-state index contributed by atoms with van der Waals surface area (Å²) in [6.07, 6.45) is -0.709. The Hall–Kier alpha value is -1.42. The van der Waals surface area contributed by atoms with Crippen molar-refractivity contribution in [1.82, 2.24) is 4.98 Å². The van der Waals surface area contributed by atoms with Crippen LogP contribution in [-0.4, -0.2) is 10.1 Å². The van der Waals surface area contributed by atoms with Crippen molar-refractivity contribution in [3.8, 4) is 0 Å². The fraction of sp³-hybridized carbons (Fsp3) is 0.133. The van der Waals surface area contributed by atoms with Crippen LogP contribution in [-0.2, 0) is 0 Å². The number of benzene rings is 1. The molecule has 4 heteroatoms. The molecule has 0 saturated carbocycles. The molecule has 1 aromatic carbocycles. The van der Waals surface area contributed by atoms with Gasteiger partial charge in [0.2, 0.25) is 0 Å². The molecule has 1 N–H and O–H groups in total. The Balaban J connectivity index is 2.22. The molecular weight excluding hydrogens is 278 g/mol. The van der Waals surface area contributed by atoms with Gasteiger partial charge in [0.05, 0.1) is 15.4 Å². The highest BCUT2D eigenvalue weighted by Crippen LogP contribution is 2.35. The van der Waals surface area contributed by atoms with Crippen LogP contribution in [0.5, 0.6) is 0 Å². The summed E-state index contributed by atoms with van der Waals surface area (Å²) in [5.41, 5.74) is 2.64. The Bertz CT molecular complexity index is 738. The van der Waals surface area contributed by atoms with E-state index in [0.29, 0.717) is 5.02 Å². The maximum absolute atomic E-state index is 10.6. The van der Waals surface area contributed by atoms with Crippen LogP contribution in [0.1, 0.15) is 22.2 Å². The number of aryl methyl sites for hydroxylation is 1. The van der Waals surface area contributed by atoms with E-state index >= 15 is 0 Å². The van der Waals surface area contributed by atoms with Crippen molar-refractivity contribution >= 4 is 33.8 Å². The maximum atomic E-state index is 10.6. The topological polar surface area (TPSA) is 33.1 Å². The molecule has 0 spiro atoms. The largest absolute Gasteiger partial charge is 0.383 e. The number of nitrogens with zero attached hydrogens (tertiary/aromatic N) is 1. The minimum absolute atomic E-state index is 0.607. The number of fused-ring (bicyclic) bond motifs is 1. The highest BCUT2D eigenvalue weighted by molar-refractivity contribution is 7.10. The number of halogens is 1. The number of pyridine rings is 1. The highest BCUT2D eigenvalue weighted by atomic mass is 35.5. The van der Waals surface area contributed by atoms with E-state index in [0.717, 1.165) is 27.0 Å². The normalized spacial score (nSPS) is 12.8. The summed E-state index contributed by atoms with van der Waals surface area (Å²) in [5.74, 6) is 0. The van der Waals surface area contributed by atoms with Crippen molar-refractivity contribution < 1.29 is 5.11 Å². The number of rotatable bonds is 2. The molecule has 0 radical (unpaired) electrons. The molecule has 96 valence electrons. The molecule has 2 heterocycles. The van der Waals surface area contributed by atoms with Gasteiger partial charge in [-0.15, -0.1) is 11.3 Å². The first kappa shape index (κ1) is 12.6. The van der Waals surface area contributed by atoms with E-state index in [1.54, 1.807) is 6.07 Å². The number of thiophene rings is 1. The van der Waals surface area contributed by atoms with Crippen LogP contribution in [0.3, 0.4) is 0 Å². The van der Waals surface area contributed by atoms with Gasteiger partial charge < -0.3 is 5.11 Å². The molecule has 0 aliphatic heterocycles. The van der Waals surface area contributed by atoms with E-state index in [9.17, 15) is 5.11 Å². The molecule has 0 amide bonds. The third-order valence-electron chi connectivity index (χ3n) is 3.06. The summed E-state index contributed by atoms with van der Waals surface area (Å²) < 4.78 is 0. The monoisotopic (exact) mass is 289 g/mol. The minimum atomic E-state index is -0.709. The average molecular weight is 290 g/mol. The smallest absolute Gasteiger partial charge is 0.115 e. The van der Waals surface area contributed by atoms with Gasteiger partial charge in [0.1, 0.15) is 6.10 Å². The van der Waals surface area contributed by atoms with Gasteiger partial charge >= 0.3 is 0 Å². The molecule has 3 aromatic rings. The average Bonchev–Trinajstić information content (AvgIpc) is 2.83. The van der Waals surface area contributed by atoms with E-state index in [2.05, 4.69) is 4.98 Å². The van der Waals surface area contributed by atoms with Crippen LogP contribution < -0.4 is 0 Å². The first-order valence-electron chi connectivity index (χ1n) is 5.94. The standard InChI is InChI=1S/C15H12ClNOS/c1-9-8-11(10-4-2-3-5-13(10)17-9)14(18)15-12(16)6-7-19-15/h2-8,14,18H,1H3. The molecule has 1 unspecified atom stereocenters. The van der Waals surface area contributed by atoms with E-state index in [1.807, 2.05) is 42.6 Å². The van der Waals surface area contributed by atoms with Gasteiger partial charge in [0.25, 0.3) is 0 Å². The van der Waals surface area contributed by atoms with Crippen LogP contribution in [0.2, 0.25) is 5.02 Å². The van der Waals surface area contributed by atoms with Gasteiger partial charge in [-0.3, -0.25) is 4.98 Å². The molecule has 2 nitrogen and oxygen atoms in total. The lowest BCUT2D eigenvalue weighted by Gasteiger charge is -2.13. The van der Waals surface area contributed by atoms with E-state index < -0.39 is 6.10 Å². The highest BCUT2D eigenvalue weighted by Gasteiger charge is 2.18. The summed E-state index contributed by atoms with van der Waals surface area (Å²) in [7, 11) is 0. The summed E-state index contributed by atoms with van der Waals surface area (Å²) in [5, 5.41) is 14.0. The van der Waals surface area contributed by atoms with Gasteiger partial charge in [-0.2, -0.15) is 0 Å². The van der Waals surface area contributed by atoms with Crippen molar-refractivity contribution in [1.29, 1.82) is 0 Å². The van der Waals surface area contributed by atoms with Crippen LogP contribution in [0.15, 0.2) is 41.8 Å². The Morgan fingerprint density at radius 2 is 2.05 bits per heavy atom. The molecule has 0 saturated heterocycles. The minimum Gasteiger partial charge on any atom is -0.383 e. The molecule has 0 fully saturated rings. The third kappa shape index (κ3) is 2.25. The van der Waals surface area contributed by atoms with Gasteiger partial charge in [-0.05, 0) is 36.1 Å². The summed E-state index contributed by atoms with van der Waals surface area (Å²) in [4.78, 5) is 5.26. The zero-order chi connectivity index (χ0) is 13.4. The molecule has 3 rings (SSSR count). The van der Waals surface area contributed by atoms with Crippen molar-refractivity contribution in [3.63, 3.8) is 0 Å². The quantitative estimate of drug-likeness (QED) is 0.761. The van der Waals surface area contributed by atoms with Crippen LogP contribution in [0.4, 0.5) is 0 Å². The number of aromatic nitrogens is 1. The SMILES string of the molecule is Cc1cc(C(O)c2sccc2Cl)c2ccccc2n1. The third-order valence-corrected chi connectivity index (χ3v) is 4.47. The van der Waals surface area contributed by atoms with E-state index in [-0.39, 0.29) is 0 Å². The number of aliphatic hydroxyl groups is 1. The zero-order valence-corrected chi connectivity index (χ0v) is 11.9. The lowest BCUT2D eigenvalue weighted by atomic mass is 10.0. The molecule has 0 bridgehead atoms. The fourth-order valence-corrected chi connectivity index (χ4v) is 3.37. The second kappa shape index (κ2) is 4.93. The predicted molar refractivity (Wildman–Crippen MR) is 79.9 cm³/mol. The van der Waals surface area contributed by atoms with Crippen molar-refractivity contribution in [2.75, 3.05) is 0 Å². The molecule has 19 heavy (non-hydrogen) atoms. The van der Waals surface area contributed by atoms with Gasteiger partial charge in [0, 0.05) is 11.1 Å². The Kier molecular flexibility index (Phi) is 3.27. The fourth-order valence-electron chi connectivity index (χ4n) is 2.21. The summed E-state index contributed by atoms with van der Waals surface area (Å²) in [6, 6.07) is 11.6. The number of hydrogen-bond acceptors (Lipinski definition) is 3. The molecule has 2 aromatic heterocycles. The first-order chi connectivity index (χ1) is 9.16. The maximum Gasteiger partial charge on any atom is 0.115 e. The summed E-state index contributed by atoms with van der Waals surface area (Å²) >= 11 is 7.57. The Labute approximate surface area is 120 Å². The lowest BCUT2D eigenvalue weighted by Crippen LogP contribution is -2.01. The summed E-state index contributed by atoms with van der Waals surface area (Å²) in [6.45, 7) is 1.93. The second-order valence-electron chi connectivity index (χ2n) is 4.41. The van der Waals surface area contributed by atoms with Crippen LogP contribution >= 0.6 is 22.9 Å². The molecular formula is C15H12ClNOS. The first-order valence-corrected chi connectivity index (χ1v) is 7.20. The van der Waals surface area contributed by atoms with Crippen LogP contribution in [0.25, 0.3) is 10.9 Å². The van der Waals surface area contributed by atoms with Crippen molar-refractivity contribution in [2.45, 2.75) is 13.0 Å². The van der Waals surface area contributed by atoms with Crippen LogP contribution in [0, 0.1) is 6.92 Å². The van der Waals surface area contributed by atoms with E-state index in [4.69, 9.17) is 11.6 Å².